The molecular formula is C21H22N4O. The zero-order valence-electron chi connectivity index (χ0n) is 15.2. The molecule has 3 aromatic rings. The van der Waals surface area contributed by atoms with Crippen molar-refractivity contribution in [2.75, 3.05) is 17.3 Å². The van der Waals surface area contributed by atoms with Crippen molar-refractivity contribution >= 4 is 23.2 Å². The third-order valence-electron chi connectivity index (χ3n) is 4.01. The lowest BCUT2D eigenvalue weighted by molar-refractivity contribution is 0.101. The Kier molecular flexibility index (Phi) is 5.27. The largest absolute Gasteiger partial charge is 0.340 e. The Balaban J connectivity index is 1.77. The zero-order chi connectivity index (χ0) is 18.5. The highest BCUT2D eigenvalue weighted by atomic mass is 16.1. The van der Waals surface area contributed by atoms with Crippen molar-refractivity contribution in [1.82, 2.24) is 9.97 Å². The van der Waals surface area contributed by atoms with E-state index < -0.39 is 0 Å². The number of hydrogen-bond acceptors (Lipinski definition) is 5. The first-order valence-corrected chi connectivity index (χ1v) is 8.50. The van der Waals surface area contributed by atoms with Gasteiger partial charge in [0.25, 0.3) is 0 Å². The van der Waals surface area contributed by atoms with Crippen LogP contribution in [0.1, 0.15) is 28.5 Å². The topological polar surface area (TPSA) is 58.1 Å². The van der Waals surface area contributed by atoms with Gasteiger partial charge in [-0.3, -0.25) is 4.79 Å². The summed E-state index contributed by atoms with van der Waals surface area (Å²) in [6, 6.07) is 19.5. The highest BCUT2D eigenvalue weighted by molar-refractivity contribution is 5.94. The second-order valence-electron chi connectivity index (χ2n) is 6.29. The maximum atomic E-state index is 11.4. The lowest BCUT2D eigenvalue weighted by Crippen LogP contribution is -2.19. The van der Waals surface area contributed by atoms with E-state index in [9.17, 15) is 4.79 Å². The number of hydrogen-bond donors (Lipinski definition) is 1. The van der Waals surface area contributed by atoms with Gasteiger partial charge in [-0.2, -0.15) is 4.98 Å². The molecular weight excluding hydrogens is 324 g/mol. The van der Waals surface area contributed by atoms with Crippen LogP contribution in [0, 0.1) is 6.92 Å². The lowest BCUT2D eigenvalue weighted by atomic mass is 10.1. The Morgan fingerprint density at radius 1 is 1.04 bits per heavy atom. The van der Waals surface area contributed by atoms with Crippen LogP contribution in [-0.2, 0) is 6.54 Å². The average Bonchev–Trinajstić information content (AvgIpc) is 2.62. The maximum absolute atomic E-state index is 11.4. The van der Waals surface area contributed by atoms with Crippen molar-refractivity contribution in [3.63, 3.8) is 0 Å². The molecule has 0 saturated carbocycles. The Hall–Kier alpha value is -3.21. The number of Topliss-reactive ketones (excluding diaryl/α,β-unsaturated/α-hetero) is 1. The van der Waals surface area contributed by atoms with Crippen LogP contribution in [0.25, 0.3) is 0 Å². The number of aromatic nitrogens is 2. The van der Waals surface area contributed by atoms with Crippen LogP contribution >= 0.6 is 0 Å². The van der Waals surface area contributed by atoms with E-state index in [0.717, 1.165) is 23.7 Å². The SMILES string of the molecule is CC(=O)c1ccc(Nc2cc(C)nc(N(C)Cc3ccccc3)n2)cc1. The molecule has 0 radical (unpaired) electrons. The Morgan fingerprint density at radius 3 is 2.38 bits per heavy atom. The Morgan fingerprint density at radius 2 is 1.73 bits per heavy atom. The van der Waals surface area contributed by atoms with Crippen molar-refractivity contribution in [2.24, 2.45) is 0 Å². The summed E-state index contributed by atoms with van der Waals surface area (Å²) < 4.78 is 0. The molecule has 0 unspecified atom stereocenters. The Labute approximate surface area is 153 Å². The third kappa shape index (κ3) is 4.45. The van der Waals surface area contributed by atoms with Crippen LogP contribution in [-0.4, -0.2) is 22.8 Å². The summed E-state index contributed by atoms with van der Waals surface area (Å²) in [5, 5.41) is 3.28. The molecule has 1 aromatic heterocycles. The van der Waals surface area contributed by atoms with E-state index in [4.69, 9.17) is 0 Å². The van der Waals surface area contributed by atoms with Gasteiger partial charge in [-0.25, -0.2) is 4.98 Å². The molecule has 0 bridgehead atoms. The fourth-order valence-electron chi connectivity index (χ4n) is 2.65. The minimum absolute atomic E-state index is 0.0549. The molecule has 1 heterocycles. The van der Waals surface area contributed by atoms with Crippen LogP contribution < -0.4 is 10.2 Å². The molecule has 0 fully saturated rings. The molecule has 0 atom stereocenters. The molecule has 0 amide bonds. The average molecular weight is 346 g/mol. The number of anilines is 3. The normalized spacial score (nSPS) is 10.4. The van der Waals surface area contributed by atoms with Gasteiger partial charge in [0.15, 0.2) is 5.78 Å². The van der Waals surface area contributed by atoms with Crippen molar-refractivity contribution in [3.05, 3.63) is 77.5 Å². The standard InChI is InChI=1S/C21H22N4O/c1-15-13-20(23-19-11-9-18(10-12-19)16(2)26)24-21(22-15)25(3)14-17-7-5-4-6-8-17/h4-13H,14H2,1-3H3,(H,22,23,24). The summed E-state index contributed by atoms with van der Waals surface area (Å²) in [6.45, 7) is 4.24. The molecule has 0 aliphatic carbocycles. The second-order valence-corrected chi connectivity index (χ2v) is 6.29. The van der Waals surface area contributed by atoms with E-state index in [2.05, 4.69) is 27.4 Å². The number of benzene rings is 2. The third-order valence-corrected chi connectivity index (χ3v) is 4.01. The summed E-state index contributed by atoms with van der Waals surface area (Å²) in [7, 11) is 1.98. The quantitative estimate of drug-likeness (QED) is 0.672. The fourth-order valence-corrected chi connectivity index (χ4v) is 2.65. The molecule has 0 aliphatic heterocycles. The lowest BCUT2D eigenvalue weighted by Gasteiger charge is -2.18. The number of carbonyl (C=O) groups excluding carboxylic acids is 1. The molecule has 2 aromatic carbocycles. The second kappa shape index (κ2) is 7.78. The van der Waals surface area contributed by atoms with Gasteiger partial charge in [-0.15, -0.1) is 0 Å². The summed E-state index contributed by atoms with van der Waals surface area (Å²) in [5.74, 6) is 1.44. The number of nitrogens with zero attached hydrogens (tertiary/aromatic N) is 3. The van der Waals surface area contributed by atoms with E-state index in [1.807, 2.05) is 55.3 Å². The van der Waals surface area contributed by atoms with E-state index in [0.29, 0.717) is 11.5 Å². The molecule has 26 heavy (non-hydrogen) atoms. The van der Waals surface area contributed by atoms with E-state index in [1.165, 1.54) is 5.56 Å². The smallest absolute Gasteiger partial charge is 0.227 e. The number of ketones is 1. The molecule has 3 rings (SSSR count). The molecule has 1 N–H and O–H groups in total. The van der Waals surface area contributed by atoms with Crippen molar-refractivity contribution in [1.29, 1.82) is 0 Å². The Bertz CT molecular complexity index is 892. The molecule has 5 nitrogen and oxygen atoms in total. The number of nitrogens with one attached hydrogen (secondary N) is 1. The van der Waals surface area contributed by atoms with Gasteiger partial charge in [0.1, 0.15) is 5.82 Å². The van der Waals surface area contributed by atoms with Gasteiger partial charge in [-0.1, -0.05) is 30.3 Å². The number of aryl methyl sites for hydroxylation is 1. The van der Waals surface area contributed by atoms with Crippen LogP contribution in [0.5, 0.6) is 0 Å². The van der Waals surface area contributed by atoms with Crippen LogP contribution in [0.15, 0.2) is 60.7 Å². The minimum Gasteiger partial charge on any atom is -0.340 e. The van der Waals surface area contributed by atoms with Crippen molar-refractivity contribution in [2.45, 2.75) is 20.4 Å². The van der Waals surface area contributed by atoms with Gasteiger partial charge in [0.05, 0.1) is 0 Å². The van der Waals surface area contributed by atoms with Gasteiger partial charge in [0, 0.05) is 36.6 Å². The zero-order valence-corrected chi connectivity index (χ0v) is 15.2. The minimum atomic E-state index is 0.0549. The molecule has 5 heteroatoms. The highest BCUT2D eigenvalue weighted by Gasteiger charge is 2.09. The van der Waals surface area contributed by atoms with Gasteiger partial charge in [0.2, 0.25) is 5.95 Å². The number of carbonyl (C=O) groups is 1. The first-order valence-electron chi connectivity index (χ1n) is 8.50. The highest BCUT2D eigenvalue weighted by Crippen LogP contribution is 2.19. The molecule has 0 spiro atoms. The van der Waals surface area contributed by atoms with Gasteiger partial charge < -0.3 is 10.2 Å². The van der Waals surface area contributed by atoms with E-state index in [-0.39, 0.29) is 5.78 Å². The maximum Gasteiger partial charge on any atom is 0.227 e. The summed E-state index contributed by atoms with van der Waals surface area (Å²) >= 11 is 0. The first-order chi connectivity index (χ1) is 12.5. The van der Waals surface area contributed by atoms with E-state index in [1.54, 1.807) is 19.1 Å². The summed E-state index contributed by atoms with van der Waals surface area (Å²) in [4.78, 5) is 22.6. The van der Waals surface area contributed by atoms with Crippen LogP contribution in [0.4, 0.5) is 17.5 Å². The van der Waals surface area contributed by atoms with Crippen molar-refractivity contribution in [3.8, 4) is 0 Å². The van der Waals surface area contributed by atoms with Crippen LogP contribution in [0.3, 0.4) is 0 Å². The predicted octanol–water partition coefficient (Wildman–Crippen LogP) is 4.37. The van der Waals surface area contributed by atoms with E-state index >= 15 is 0 Å². The number of rotatable bonds is 6. The monoisotopic (exact) mass is 346 g/mol. The molecule has 132 valence electrons. The van der Waals surface area contributed by atoms with Crippen molar-refractivity contribution < 1.29 is 4.79 Å². The summed E-state index contributed by atoms with van der Waals surface area (Å²) in [6.07, 6.45) is 0. The molecule has 0 saturated heterocycles. The van der Waals surface area contributed by atoms with Gasteiger partial charge >= 0.3 is 0 Å². The fraction of sp³-hybridized carbons (Fsp3) is 0.190. The summed E-state index contributed by atoms with van der Waals surface area (Å²) in [5.41, 5.74) is 3.66. The molecule has 0 aliphatic rings. The first kappa shape index (κ1) is 17.6. The van der Waals surface area contributed by atoms with Crippen LogP contribution in [0.2, 0.25) is 0 Å². The van der Waals surface area contributed by atoms with Gasteiger partial charge in [-0.05, 0) is 43.7 Å². The predicted molar refractivity (Wildman–Crippen MR) is 105 cm³/mol.